The summed E-state index contributed by atoms with van der Waals surface area (Å²) in [5, 5.41) is 0. The van der Waals surface area contributed by atoms with E-state index in [0.717, 1.165) is 24.6 Å². The minimum atomic E-state index is 0.186. The van der Waals surface area contributed by atoms with Crippen LogP contribution in [-0.4, -0.2) is 31.2 Å². The Labute approximate surface area is 167 Å². The zero-order valence-corrected chi connectivity index (χ0v) is 16.7. The number of rotatable bonds is 3. The van der Waals surface area contributed by atoms with E-state index in [1.807, 2.05) is 0 Å². The Morgan fingerprint density at radius 2 is 1.86 bits per heavy atom. The normalized spacial score (nSPS) is 35.6. The topological polar surface area (TPSA) is 21.7 Å². The maximum atomic E-state index is 6.73. The molecule has 2 heterocycles. The maximum Gasteiger partial charge on any atom is 0.165 e. The Kier molecular flexibility index (Phi) is 3.62. The van der Waals surface area contributed by atoms with Gasteiger partial charge in [-0.3, -0.25) is 4.90 Å². The minimum Gasteiger partial charge on any atom is -0.493 e. The summed E-state index contributed by atoms with van der Waals surface area (Å²) in [5.74, 6) is 2.67. The van der Waals surface area contributed by atoms with Gasteiger partial charge in [0.15, 0.2) is 11.5 Å². The zero-order chi connectivity index (χ0) is 18.8. The van der Waals surface area contributed by atoms with E-state index in [1.54, 1.807) is 7.11 Å². The van der Waals surface area contributed by atoms with Crippen LogP contribution in [0.25, 0.3) is 0 Å². The van der Waals surface area contributed by atoms with Gasteiger partial charge in [-0.15, -0.1) is 0 Å². The highest BCUT2D eigenvalue weighted by atomic mass is 16.5. The number of hydrogen-bond acceptors (Lipinski definition) is 3. The Morgan fingerprint density at radius 3 is 2.64 bits per heavy atom. The second-order valence-electron chi connectivity index (χ2n) is 9.41. The highest BCUT2D eigenvalue weighted by Gasteiger charge is 2.69. The van der Waals surface area contributed by atoms with Crippen LogP contribution < -0.4 is 9.47 Å². The fourth-order valence-electron chi connectivity index (χ4n) is 7.22. The van der Waals surface area contributed by atoms with Gasteiger partial charge in [0.1, 0.15) is 6.10 Å². The van der Waals surface area contributed by atoms with Gasteiger partial charge in [-0.25, -0.2) is 0 Å². The van der Waals surface area contributed by atoms with Gasteiger partial charge in [0, 0.05) is 24.1 Å². The summed E-state index contributed by atoms with van der Waals surface area (Å²) in [6.45, 7) is 3.42. The number of benzene rings is 2. The fourth-order valence-corrected chi connectivity index (χ4v) is 7.22. The lowest BCUT2D eigenvalue weighted by molar-refractivity contribution is -0.145. The SMILES string of the molecule is COc1cccc2c1OC1C3CCC4(CC3)CN(Cc3ccccc3)CCC214. The summed E-state index contributed by atoms with van der Waals surface area (Å²) in [6.07, 6.45) is 6.89. The molecule has 2 aromatic rings. The van der Waals surface area contributed by atoms with E-state index in [1.165, 1.54) is 49.8 Å². The monoisotopic (exact) mass is 375 g/mol. The highest BCUT2D eigenvalue weighted by Crippen LogP contribution is 2.70. The van der Waals surface area contributed by atoms with Crippen LogP contribution in [0.4, 0.5) is 0 Å². The van der Waals surface area contributed by atoms with E-state index in [4.69, 9.17) is 9.47 Å². The number of likely N-dealkylation sites (tertiary alicyclic amines) is 1. The Morgan fingerprint density at radius 1 is 1.04 bits per heavy atom. The quantitative estimate of drug-likeness (QED) is 0.770. The van der Waals surface area contributed by atoms with Crippen molar-refractivity contribution in [3.05, 3.63) is 59.7 Å². The van der Waals surface area contributed by atoms with E-state index in [2.05, 4.69) is 53.4 Å². The van der Waals surface area contributed by atoms with Crippen LogP contribution in [-0.2, 0) is 12.0 Å². The van der Waals surface area contributed by atoms with Crippen molar-refractivity contribution < 1.29 is 9.47 Å². The molecule has 2 atom stereocenters. The maximum absolute atomic E-state index is 6.73. The number of methoxy groups -OCH3 is 1. The molecule has 3 heteroatoms. The molecule has 2 unspecified atom stereocenters. The van der Waals surface area contributed by atoms with Gasteiger partial charge >= 0.3 is 0 Å². The summed E-state index contributed by atoms with van der Waals surface area (Å²) < 4.78 is 12.4. The molecule has 0 N–H and O–H groups in total. The van der Waals surface area contributed by atoms with Crippen LogP contribution >= 0.6 is 0 Å². The standard InChI is InChI=1S/C25H29NO2/c1-27-21-9-5-8-20-22(21)28-23-19-10-12-24(13-11-19)17-26(15-14-25(20,23)24)16-18-6-3-2-4-7-18/h2-9,19,23H,10-17H2,1H3. The molecule has 3 saturated carbocycles. The summed E-state index contributed by atoms with van der Waals surface area (Å²) in [4.78, 5) is 2.71. The smallest absolute Gasteiger partial charge is 0.165 e. The number of nitrogens with zero attached hydrogens (tertiary/aromatic N) is 1. The van der Waals surface area contributed by atoms with Gasteiger partial charge in [0.05, 0.1) is 7.11 Å². The third-order valence-corrected chi connectivity index (χ3v) is 8.37. The van der Waals surface area contributed by atoms with E-state index in [9.17, 15) is 0 Å². The van der Waals surface area contributed by atoms with Gasteiger partial charge in [-0.1, -0.05) is 42.5 Å². The van der Waals surface area contributed by atoms with Gasteiger partial charge < -0.3 is 9.47 Å². The summed E-state index contributed by atoms with van der Waals surface area (Å²) in [6, 6.07) is 17.5. The van der Waals surface area contributed by atoms with E-state index < -0.39 is 0 Å². The highest BCUT2D eigenvalue weighted by molar-refractivity contribution is 5.56. The third kappa shape index (κ3) is 2.09. The molecule has 2 aliphatic heterocycles. The average molecular weight is 376 g/mol. The Balaban J connectivity index is 1.41. The van der Waals surface area contributed by atoms with Crippen LogP contribution in [0.1, 0.15) is 43.2 Å². The lowest BCUT2D eigenvalue weighted by Crippen LogP contribution is -2.68. The number of ether oxygens (including phenoxy) is 2. The lowest BCUT2D eigenvalue weighted by atomic mass is 9.42. The first-order valence-corrected chi connectivity index (χ1v) is 10.9. The van der Waals surface area contributed by atoms with Crippen molar-refractivity contribution >= 4 is 0 Å². The van der Waals surface area contributed by atoms with Crippen molar-refractivity contribution in [1.29, 1.82) is 0 Å². The van der Waals surface area contributed by atoms with Gasteiger partial charge in [-0.05, 0) is 61.6 Å². The molecule has 1 saturated heterocycles. The number of hydrogen-bond donors (Lipinski definition) is 0. The van der Waals surface area contributed by atoms with Gasteiger partial charge in [0.25, 0.3) is 0 Å². The molecule has 4 fully saturated rings. The van der Waals surface area contributed by atoms with E-state index in [0.29, 0.717) is 17.4 Å². The molecule has 7 rings (SSSR count). The second-order valence-corrected chi connectivity index (χ2v) is 9.41. The molecule has 3 aliphatic carbocycles. The molecular formula is C25H29NO2. The van der Waals surface area contributed by atoms with Crippen LogP contribution in [0.3, 0.4) is 0 Å². The van der Waals surface area contributed by atoms with E-state index in [-0.39, 0.29) is 5.41 Å². The summed E-state index contributed by atoms with van der Waals surface area (Å²) in [5.41, 5.74) is 3.41. The summed E-state index contributed by atoms with van der Waals surface area (Å²) >= 11 is 0. The molecule has 0 amide bonds. The lowest BCUT2D eigenvalue weighted by Gasteiger charge is -2.64. The zero-order valence-electron chi connectivity index (χ0n) is 16.7. The van der Waals surface area contributed by atoms with Crippen molar-refractivity contribution in [1.82, 2.24) is 4.90 Å². The van der Waals surface area contributed by atoms with Crippen molar-refractivity contribution in [2.45, 2.75) is 50.2 Å². The van der Waals surface area contributed by atoms with Crippen LogP contribution in [0, 0.1) is 11.3 Å². The summed E-state index contributed by atoms with van der Waals surface area (Å²) in [7, 11) is 1.77. The molecule has 2 bridgehead atoms. The third-order valence-electron chi connectivity index (χ3n) is 8.37. The van der Waals surface area contributed by atoms with Crippen LogP contribution in [0.5, 0.6) is 11.5 Å². The first kappa shape index (κ1) is 16.9. The van der Waals surface area contributed by atoms with Crippen molar-refractivity contribution in [3.63, 3.8) is 0 Å². The first-order chi connectivity index (χ1) is 13.8. The molecule has 146 valence electrons. The number of piperidine rings is 1. The first-order valence-electron chi connectivity index (χ1n) is 10.9. The van der Waals surface area contributed by atoms with E-state index >= 15 is 0 Å². The average Bonchev–Trinajstić information content (AvgIpc) is 3.11. The van der Waals surface area contributed by atoms with Crippen molar-refractivity contribution in [2.24, 2.45) is 11.3 Å². The molecule has 0 aromatic heterocycles. The van der Waals surface area contributed by atoms with Crippen molar-refractivity contribution in [3.8, 4) is 11.5 Å². The number of fused-ring (bicyclic) bond motifs is 3. The Bertz CT molecular complexity index is 887. The predicted molar refractivity (Wildman–Crippen MR) is 110 cm³/mol. The largest absolute Gasteiger partial charge is 0.493 e. The number of para-hydroxylation sites is 1. The predicted octanol–water partition coefficient (Wildman–Crippen LogP) is 4.79. The molecule has 2 spiro atoms. The minimum absolute atomic E-state index is 0.186. The molecule has 0 radical (unpaired) electrons. The Hall–Kier alpha value is -2.00. The molecular weight excluding hydrogens is 346 g/mol. The fraction of sp³-hybridized carbons (Fsp3) is 0.520. The van der Waals surface area contributed by atoms with Crippen molar-refractivity contribution in [2.75, 3.05) is 20.2 Å². The second kappa shape index (κ2) is 6.00. The molecule has 3 nitrogen and oxygen atoms in total. The molecule has 2 aromatic carbocycles. The van der Waals surface area contributed by atoms with Crippen LogP contribution in [0.2, 0.25) is 0 Å². The van der Waals surface area contributed by atoms with Crippen LogP contribution in [0.15, 0.2) is 48.5 Å². The van der Waals surface area contributed by atoms with Gasteiger partial charge in [-0.2, -0.15) is 0 Å². The van der Waals surface area contributed by atoms with Gasteiger partial charge in [0.2, 0.25) is 0 Å². The molecule has 28 heavy (non-hydrogen) atoms. The molecule has 5 aliphatic rings.